The topological polar surface area (TPSA) is 68.1 Å². The number of benzene rings is 1. The standard InChI is InChI=1S/C13H10N2O3/c1-17-11-4-2-3-8-5-10(15-12(8)11)13-9(7-16)6-14-18-13/h2-7,15H,1H3. The molecular formula is C13H10N2O3. The van der Waals surface area contributed by atoms with E-state index >= 15 is 0 Å². The largest absolute Gasteiger partial charge is 0.495 e. The first-order valence-corrected chi connectivity index (χ1v) is 5.39. The lowest BCUT2D eigenvalue weighted by atomic mass is 10.2. The molecule has 3 aromatic rings. The molecule has 1 N–H and O–H groups in total. The molecule has 2 heterocycles. The molecule has 1 aromatic carbocycles. The second-order valence-electron chi connectivity index (χ2n) is 3.84. The smallest absolute Gasteiger partial charge is 0.193 e. The lowest BCUT2D eigenvalue weighted by Crippen LogP contribution is -1.84. The van der Waals surface area contributed by atoms with Gasteiger partial charge in [0.25, 0.3) is 0 Å². The lowest BCUT2D eigenvalue weighted by Gasteiger charge is -1.99. The molecule has 0 aliphatic heterocycles. The van der Waals surface area contributed by atoms with E-state index in [2.05, 4.69) is 10.1 Å². The van der Waals surface area contributed by atoms with Crippen LogP contribution in [0.3, 0.4) is 0 Å². The van der Waals surface area contributed by atoms with Gasteiger partial charge >= 0.3 is 0 Å². The molecule has 0 saturated heterocycles. The van der Waals surface area contributed by atoms with Crippen molar-refractivity contribution in [3.8, 4) is 17.2 Å². The molecule has 0 atom stereocenters. The van der Waals surface area contributed by atoms with Crippen LogP contribution >= 0.6 is 0 Å². The SMILES string of the molecule is COc1cccc2cc(-c3oncc3C=O)[nH]c12. The summed E-state index contributed by atoms with van der Waals surface area (Å²) in [5.41, 5.74) is 1.98. The lowest BCUT2D eigenvalue weighted by molar-refractivity contribution is 0.112. The Labute approximate surface area is 102 Å². The van der Waals surface area contributed by atoms with Gasteiger partial charge in [-0.1, -0.05) is 17.3 Å². The number of aromatic nitrogens is 2. The van der Waals surface area contributed by atoms with Crippen molar-refractivity contribution < 1.29 is 14.1 Å². The van der Waals surface area contributed by atoms with E-state index in [-0.39, 0.29) is 0 Å². The molecule has 0 saturated carbocycles. The highest BCUT2D eigenvalue weighted by atomic mass is 16.5. The molecule has 0 amide bonds. The number of nitrogens with zero attached hydrogens (tertiary/aromatic N) is 1. The van der Waals surface area contributed by atoms with Crippen LogP contribution in [0.5, 0.6) is 5.75 Å². The van der Waals surface area contributed by atoms with Crippen molar-refractivity contribution in [3.05, 3.63) is 36.0 Å². The number of fused-ring (bicyclic) bond motifs is 1. The molecule has 0 unspecified atom stereocenters. The number of methoxy groups -OCH3 is 1. The Balaban J connectivity index is 2.22. The summed E-state index contributed by atoms with van der Waals surface area (Å²) in [6.45, 7) is 0. The van der Waals surface area contributed by atoms with Crippen molar-refractivity contribution in [2.24, 2.45) is 0 Å². The van der Waals surface area contributed by atoms with E-state index in [0.29, 0.717) is 23.3 Å². The molecule has 90 valence electrons. The van der Waals surface area contributed by atoms with Crippen LogP contribution in [0, 0.1) is 0 Å². The quantitative estimate of drug-likeness (QED) is 0.717. The first-order valence-electron chi connectivity index (χ1n) is 5.39. The molecule has 0 radical (unpaired) electrons. The van der Waals surface area contributed by atoms with Crippen LogP contribution < -0.4 is 4.74 Å². The number of carbonyl (C=O) groups excluding carboxylic acids is 1. The van der Waals surface area contributed by atoms with Crippen molar-refractivity contribution in [2.45, 2.75) is 0 Å². The van der Waals surface area contributed by atoms with Gasteiger partial charge in [0.1, 0.15) is 5.75 Å². The molecule has 0 fully saturated rings. The summed E-state index contributed by atoms with van der Waals surface area (Å²) in [5, 5.41) is 4.61. The maximum atomic E-state index is 10.9. The number of carbonyl (C=O) groups is 1. The minimum absolute atomic E-state index is 0.417. The number of aldehydes is 1. The molecule has 0 bridgehead atoms. The van der Waals surface area contributed by atoms with E-state index in [0.717, 1.165) is 16.7 Å². The van der Waals surface area contributed by atoms with Gasteiger partial charge in [-0.15, -0.1) is 0 Å². The molecule has 0 spiro atoms. The van der Waals surface area contributed by atoms with Gasteiger partial charge in [0.2, 0.25) is 0 Å². The summed E-state index contributed by atoms with van der Waals surface area (Å²) < 4.78 is 10.4. The van der Waals surface area contributed by atoms with Gasteiger partial charge < -0.3 is 14.2 Å². The second-order valence-corrected chi connectivity index (χ2v) is 3.84. The maximum absolute atomic E-state index is 10.9. The Morgan fingerprint density at radius 1 is 1.44 bits per heavy atom. The van der Waals surface area contributed by atoms with Crippen molar-refractivity contribution in [2.75, 3.05) is 7.11 Å². The summed E-state index contributed by atoms with van der Waals surface area (Å²) in [5.74, 6) is 1.18. The zero-order chi connectivity index (χ0) is 12.5. The fourth-order valence-corrected chi connectivity index (χ4v) is 1.96. The number of nitrogens with one attached hydrogen (secondary N) is 1. The molecule has 0 aliphatic rings. The second kappa shape index (κ2) is 4.03. The van der Waals surface area contributed by atoms with Crippen LogP contribution in [-0.2, 0) is 0 Å². The normalized spacial score (nSPS) is 10.7. The van der Waals surface area contributed by atoms with Gasteiger partial charge in [-0.25, -0.2) is 0 Å². The van der Waals surface area contributed by atoms with E-state index in [1.54, 1.807) is 7.11 Å². The van der Waals surface area contributed by atoms with Crippen LogP contribution in [0.15, 0.2) is 35.0 Å². The Kier molecular flexibility index (Phi) is 2.37. The summed E-state index contributed by atoms with van der Waals surface area (Å²) in [6, 6.07) is 7.61. The summed E-state index contributed by atoms with van der Waals surface area (Å²) >= 11 is 0. The Bertz CT molecular complexity index is 712. The van der Waals surface area contributed by atoms with Crippen molar-refractivity contribution in [3.63, 3.8) is 0 Å². The van der Waals surface area contributed by atoms with E-state index in [9.17, 15) is 4.79 Å². The van der Waals surface area contributed by atoms with Crippen LogP contribution in [-0.4, -0.2) is 23.5 Å². The van der Waals surface area contributed by atoms with Gasteiger partial charge in [0.05, 0.1) is 30.1 Å². The van der Waals surface area contributed by atoms with Crippen LogP contribution in [0.1, 0.15) is 10.4 Å². The van der Waals surface area contributed by atoms with Gasteiger partial charge in [0, 0.05) is 5.39 Å². The van der Waals surface area contributed by atoms with Crippen molar-refractivity contribution >= 4 is 17.2 Å². The zero-order valence-electron chi connectivity index (χ0n) is 9.64. The van der Waals surface area contributed by atoms with E-state index in [4.69, 9.17) is 9.26 Å². The van der Waals surface area contributed by atoms with Crippen molar-refractivity contribution in [1.29, 1.82) is 0 Å². The molecule has 2 aromatic heterocycles. The highest BCUT2D eigenvalue weighted by molar-refractivity contribution is 5.92. The fraction of sp³-hybridized carbons (Fsp3) is 0.0769. The summed E-state index contributed by atoms with van der Waals surface area (Å²) in [7, 11) is 1.61. The van der Waals surface area contributed by atoms with Crippen LogP contribution in [0.25, 0.3) is 22.4 Å². The van der Waals surface area contributed by atoms with Crippen molar-refractivity contribution in [1.82, 2.24) is 10.1 Å². The number of hydrogen-bond acceptors (Lipinski definition) is 4. The highest BCUT2D eigenvalue weighted by Gasteiger charge is 2.14. The Morgan fingerprint density at radius 3 is 3.11 bits per heavy atom. The Morgan fingerprint density at radius 2 is 2.33 bits per heavy atom. The van der Waals surface area contributed by atoms with E-state index in [1.807, 2.05) is 24.3 Å². The number of para-hydroxylation sites is 1. The monoisotopic (exact) mass is 242 g/mol. The van der Waals surface area contributed by atoms with Gasteiger partial charge in [-0.05, 0) is 12.1 Å². The predicted octanol–water partition coefficient (Wildman–Crippen LogP) is 2.64. The molecule has 5 nitrogen and oxygen atoms in total. The molecule has 3 rings (SSSR count). The first kappa shape index (κ1) is 10.6. The number of ether oxygens (including phenoxy) is 1. The van der Waals surface area contributed by atoms with Crippen LogP contribution in [0.2, 0.25) is 0 Å². The van der Waals surface area contributed by atoms with Gasteiger partial charge in [0.15, 0.2) is 12.0 Å². The zero-order valence-corrected chi connectivity index (χ0v) is 9.64. The molecular weight excluding hydrogens is 232 g/mol. The minimum Gasteiger partial charge on any atom is -0.495 e. The summed E-state index contributed by atoms with van der Waals surface area (Å²) in [4.78, 5) is 14.0. The predicted molar refractivity (Wildman–Crippen MR) is 65.7 cm³/mol. The maximum Gasteiger partial charge on any atom is 0.193 e. The van der Waals surface area contributed by atoms with Gasteiger partial charge in [-0.2, -0.15) is 0 Å². The van der Waals surface area contributed by atoms with E-state index in [1.165, 1.54) is 6.20 Å². The average molecular weight is 242 g/mol. The number of hydrogen-bond donors (Lipinski definition) is 1. The minimum atomic E-state index is 0.417. The Hall–Kier alpha value is -2.56. The highest BCUT2D eigenvalue weighted by Crippen LogP contribution is 2.30. The third-order valence-corrected chi connectivity index (χ3v) is 2.81. The summed E-state index contributed by atoms with van der Waals surface area (Å²) in [6.07, 6.45) is 2.11. The number of aromatic amines is 1. The van der Waals surface area contributed by atoms with Crippen LogP contribution in [0.4, 0.5) is 0 Å². The molecule has 5 heteroatoms. The first-order chi connectivity index (χ1) is 8.83. The molecule has 18 heavy (non-hydrogen) atoms. The van der Waals surface area contributed by atoms with E-state index < -0.39 is 0 Å². The van der Waals surface area contributed by atoms with Gasteiger partial charge in [-0.3, -0.25) is 4.79 Å². The average Bonchev–Trinajstić information content (AvgIpc) is 3.03. The third kappa shape index (κ3) is 1.48. The number of rotatable bonds is 3. The third-order valence-electron chi connectivity index (χ3n) is 2.81. The number of H-pyrrole nitrogens is 1. The fourth-order valence-electron chi connectivity index (χ4n) is 1.96. The molecule has 0 aliphatic carbocycles.